The first-order valence-electron chi connectivity index (χ1n) is 4.69. The van der Waals surface area contributed by atoms with Gasteiger partial charge in [-0.2, -0.15) is 0 Å². The Morgan fingerprint density at radius 3 is 2.77 bits per heavy atom. The second-order valence-corrected chi connectivity index (χ2v) is 3.59. The third-order valence-corrected chi connectivity index (χ3v) is 2.79. The summed E-state index contributed by atoms with van der Waals surface area (Å²) in [6.07, 6.45) is 6.46. The lowest BCUT2D eigenvalue weighted by atomic mass is 9.98. The van der Waals surface area contributed by atoms with E-state index < -0.39 is 5.97 Å². The normalized spacial score (nSPS) is 17.8. The third kappa shape index (κ3) is 1.46. The van der Waals surface area contributed by atoms with Gasteiger partial charge in [-0.15, -0.1) is 0 Å². The Morgan fingerprint density at radius 1 is 1.46 bits per heavy atom. The van der Waals surface area contributed by atoms with Crippen LogP contribution in [-0.2, 0) is 0 Å². The molecular formula is C10H13NO2. The molecule has 2 N–H and O–H groups in total. The van der Waals surface area contributed by atoms with Gasteiger partial charge in [0.25, 0.3) is 0 Å². The fourth-order valence-electron chi connectivity index (χ4n) is 2.14. The van der Waals surface area contributed by atoms with Crippen LogP contribution >= 0.6 is 0 Å². The molecule has 13 heavy (non-hydrogen) atoms. The van der Waals surface area contributed by atoms with E-state index in [0.717, 1.165) is 18.4 Å². The smallest absolute Gasteiger partial charge is 0.352 e. The summed E-state index contributed by atoms with van der Waals surface area (Å²) >= 11 is 0. The molecule has 1 aliphatic carbocycles. The van der Waals surface area contributed by atoms with Crippen LogP contribution in [-0.4, -0.2) is 16.1 Å². The Morgan fingerprint density at radius 2 is 2.15 bits per heavy atom. The van der Waals surface area contributed by atoms with Gasteiger partial charge in [0.05, 0.1) is 0 Å². The second-order valence-electron chi connectivity index (χ2n) is 3.59. The van der Waals surface area contributed by atoms with E-state index in [0.29, 0.717) is 11.6 Å². The van der Waals surface area contributed by atoms with Gasteiger partial charge in [-0.05, 0) is 30.4 Å². The zero-order chi connectivity index (χ0) is 9.26. The molecule has 1 fully saturated rings. The van der Waals surface area contributed by atoms with E-state index in [2.05, 4.69) is 4.98 Å². The van der Waals surface area contributed by atoms with E-state index in [1.165, 1.54) is 12.8 Å². The summed E-state index contributed by atoms with van der Waals surface area (Å²) in [6.45, 7) is 0. The van der Waals surface area contributed by atoms with Crippen LogP contribution in [0.1, 0.15) is 47.7 Å². The minimum absolute atomic E-state index is 0.381. The van der Waals surface area contributed by atoms with Gasteiger partial charge in [-0.25, -0.2) is 4.79 Å². The quantitative estimate of drug-likeness (QED) is 0.732. The van der Waals surface area contributed by atoms with Crippen LogP contribution in [0.5, 0.6) is 0 Å². The zero-order valence-electron chi connectivity index (χ0n) is 7.42. The van der Waals surface area contributed by atoms with Crippen LogP contribution < -0.4 is 0 Å². The molecule has 1 aromatic heterocycles. The predicted octanol–water partition coefficient (Wildman–Crippen LogP) is 2.37. The van der Waals surface area contributed by atoms with Crippen LogP contribution in [0.25, 0.3) is 0 Å². The average Bonchev–Trinajstić information content (AvgIpc) is 2.74. The van der Waals surface area contributed by atoms with Crippen LogP contribution in [0.4, 0.5) is 0 Å². The van der Waals surface area contributed by atoms with Crippen molar-refractivity contribution in [1.82, 2.24) is 4.98 Å². The number of carboxylic acids is 1. The molecule has 1 saturated carbocycles. The maximum atomic E-state index is 10.8. The fraction of sp³-hybridized carbons (Fsp3) is 0.500. The summed E-state index contributed by atoms with van der Waals surface area (Å²) in [7, 11) is 0. The van der Waals surface area contributed by atoms with Crippen molar-refractivity contribution < 1.29 is 9.90 Å². The standard InChI is InChI=1S/C10H13NO2/c12-10(13)9-8(5-6-11-9)7-3-1-2-4-7/h5-7,11H,1-4H2,(H,12,13). The molecule has 2 rings (SSSR count). The Hall–Kier alpha value is -1.25. The maximum absolute atomic E-state index is 10.8. The van der Waals surface area contributed by atoms with Crippen LogP contribution in [0.3, 0.4) is 0 Å². The van der Waals surface area contributed by atoms with Gasteiger partial charge in [0.15, 0.2) is 0 Å². The van der Waals surface area contributed by atoms with Gasteiger partial charge in [-0.1, -0.05) is 12.8 Å². The van der Waals surface area contributed by atoms with E-state index in [1.807, 2.05) is 6.07 Å². The molecule has 0 aromatic carbocycles. The Bertz CT molecular complexity index is 310. The Balaban J connectivity index is 2.28. The van der Waals surface area contributed by atoms with Gasteiger partial charge in [0.1, 0.15) is 5.69 Å². The number of hydrogen-bond acceptors (Lipinski definition) is 1. The molecule has 0 unspecified atom stereocenters. The minimum atomic E-state index is -0.841. The summed E-state index contributed by atoms with van der Waals surface area (Å²) in [5.74, 6) is -0.371. The molecule has 1 aliphatic rings. The molecule has 0 aliphatic heterocycles. The van der Waals surface area contributed by atoms with Crippen LogP contribution in [0, 0.1) is 0 Å². The van der Waals surface area contributed by atoms with E-state index in [4.69, 9.17) is 5.11 Å². The molecule has 0 saturated heterocycles. The van der Waals surface area contributed by atoms with E-state index in [1.54, 1.807) is 6.20 Å². The van der Waals surface area contributed by atoms with E-state index in [9.17, 15) is 4.79 Å². The van der Waals surface area contributed by atoms with Gasteiger partial charge in [0, 0.05) is 6.20 Å². The lowest BCUT2D eigenvalue weighted by molar-refractivity contribution is 0.0689. The van der Waals surface area contributed by atoms with E-state index >= 15 is 0 Å². The summed E-state index contributed by atoms with van der Waals surface area (Å²) < 4.78 is 0. The average molecular weight is 179 g/mol. The van der Waals surface area contributed by atoms with E-state index in [-0.39, 0.29) is 0 Å². The van der Waals surface area contributed by atoms with Gasteiger partial charge in [0.2, 0.25) is 0 Å². The maximum Gasteiger partial charge on any atom is 0.352 e. The molecule has 3 nitrogen and oxygen atoms in total. The van der Waals surface area contributed by atoms with Crippen molar-refractivity contribution in [2.75, 3.05) is 0 Å². The highest BCUT2D eigenvalue weighted by molar-refractivity contribution is 5.87. The van der Waals surface area contributed by atoms with Gasteiger partial charge in [-0.3, -0.25) is 0 Å². The number of aromatic nitrogens is 1. The Kier molecular flexibility index (Phi) is 2.08. The van der Waals surface area contributed by atoms with Crippen molar-refractivity contribution in [3.8, 4) is 0 Å². The number of aromatic carboxylic acids is 1. The molecule has 1 aromatic rings. The predicted molar refractivity (Wildman–Crippen MR) is 49.0 cm³/mol. The fourth-order valence-corrected chi connectivity index (χ4v) is 2.14. The SMILES string of the molecule is O=C(O)c1[nH]ccc1C1CCCC1. The second kappa shape index (κ2) is 3.24. The highest BCUT2D eigenvalue weighted by atomic mass is 16.4. The van der Waals surface area contributed by atoms with Gasteiger partial charge < -0.3 is 10.1 Å². The molecule has 3 heteroatoms. The van der Waals surface area contributed by atoms with Crippen molar-refractivity contribution in [2.24, 2.45) is 0 Å². The van der Waals surface area contributed by atoms with Crippen molar-refractivity contribution in [3.63, 3.8) is 0 Å². The molecular weight excluding hydrogens is 166 g/mol. The highest BCUT2D eigenvalue weighted by Crippen LogP contribution is 2.35. The first-order chi connectivity index (χ1) is 6.29. The summed E-state index contributed by atoms with van der Waals surface area (Å²) in [6, 6.07) is 1.90. The molecule has 0 atom stereocenters. The van der Waals surface area contributed by atoms with Crippen molar-refractivity contribution in [3.05, 3.63) is 23.5 Å². The number of aromatic amines is 1. The first-order valence-corrected chi connectivity index (χ1v) is 4.69. The van der Waals surface area contributed by atoms with Crippen molar-refractivity contribution >= 4 is 5.97 Å². The number of carbonyl (C=O) groups is 1. The topological polar surface area (TPSA) is 53.1 Å². The number of rotatable bonds is 2. The third-order valence-electron chi connectivity index (χ3n) is 2.79. The van der Waals surface area contributed by atoms with Crippen LogP contribution in [0.15, 0.2) is 12.3 Å². The monoisotopic (exact) mass is 179 g/mol. The molecule has 0 bridgehead atoms. The number of nitrogens with one attached hydrogen (secondary N) is 1. The summed E-state index contributed by atoms with van der Waals surface area (Å²) in [4.78, 5) is 13.6. The van der Waals surface area contributed by atoms with Crippen LogP contribution in [0.2, 0.25) is 0 Å². The lowest BCUT2D eigenvalue weighted by Gasteiger charge is -2.07. The highest BCUT2D eigenvalue weighted by Gasteiger charge is 2.22. The number of H-pyrrole nitrogens is 1. The molecule has 1 heterocycles. The molecule has 0 radical (unpaired) electrons. The minimum Gasteiger partial charge on any atom is -0.477 e. The van der Waals surface area contributed by atoms with Crippen molar-refractivity contribution in [1.29, 1.82) is 0 Å². The zero-order valence-corrected chi connectivity index (χ0v) is 7.42. The number of carboxylic acid groups (broad SMARTS) is 1. The number of hydrogen-bond donors (Lipinski definition) is 2. The molecule has 0 spiro atoms. The molecule has 70 valence electrons. The first kappa shape index (κ1) is 8.35. The van der Waals surface area contributed by atoms with Crippen molar-refractivity contribution in [2.45, 2.75) is 31.6 Å². The summed E-state index contributed by atoms with van der Waals surface area (Å²) in [5.41, 5.74) is 1.37. The summed E-state index contributed by atoms with van der Waals surface area (Å²) in [5, 5.41) is 8.88. The van der Waals surface area contributed by atoms with Gasteiger partial charge >= 0.3 is 5.97 Å². The Labute approximate surface area is 76.8 Å². The largest absolute Gasteiger partial charge is 0.477 e. The molecule has 0 amide bonds. The lowest BCUT2D eigenvalue weighted by Crippen LogP contribution is -2.03.